The molecule has 0 spiro atoms. The minimum Gasteiger partial charge on any atom is -0.423 e. The Hall–Kier alpha value is -3.30. The lowest BCUT2D eigenvalue weighted by molar-refractivity contribution is 0.311. The first-order valence-corrected chi connectivity index (χ1v) is 12.4. The predicted molar refractivity (Wildman–Crippen MR) is 136 cm³/mol. The van der Waals surface area contributed by atoms with Crippen molar-refractivity contribution in [3.8, 4) is 11.8 Å². The molecular weight excluding hydrogens is 466 g/mol. The zero-order chi connectivity index (χ0) is 23.9. The maximum absolute atomic E-state index is 6.68. The van der Waals surface area contributed by atoms with E-state index in [4.69, 9.17) is 25.8 Å². The molecule has 0 atom stereocenters. The Labute approximate surface area is 208 Å². The Morgan fingerprint density at radius 3 is 2.71 bits per heavy atom. The molecule has 3 aromatic heterocycles. The highest BCUT2D eigenvalue weighted by Gasteiger charge is 2.24. The highest BCUT2D eigenvalue weighted by atomic mass is 35.5. The van der Waals surface area contributed by atoms with E-state index >= 15 is 0 Å². The smallest absolute Gasteiger partial charge is 0.325 e. The monoisotopic (exact) mass is 493 g/mol. The van der Waals surface area contributed by atoms with E-state index in [1.165, 1.54) is 6.42 Å². The van der Waals surface area contributed by atoms with E-state index < -0.39 is 0 Å². The molecule has 2 aliphatic rings. The van der Waals surface area contributed by atoms with E-state index in [1.54, 1.807) is 0 Å². The van der Waals surface area contributed by atoms with Gasteiger partial charge in [-0.3, -0.25) is 0 Å². The number of hydrogen-bond donors (Lipinski definition) is 2. The number of nitrogens with one attached hydrogen (secondary N) is 2. The number of aryl methyl sites for hydroxylation is 1. The zero-order valence-corrected chi connectivity index (χ0v) is 20.6. The molecule has 0 bridgehead atoms. The minimum absolute atomic E-state index is 0.219. The van der Waals surface area contributed by atoms with Gasteiger partial charge in [0.2, 0.25) is 5.88 Å². The van der Waals surface area contributed by atoms with Crippen molar-refractivity contribution >= 4 is 40.0 Å². The van der Waals surface area contributed by atoms with E-state index in [1.807, 2.05) is 37.3 Å². The second-order valence-corrected chi connectivity index (χ2v) is 9.82. The molecule has 2 fully saturated rings. The standard InChI is InChI=1S/C25H28ClN7O2/c1-15-12-17-18(27-15)6-7-20(24(17)26)34-25-29-21(14-22(30-25)33-10-8-32(2)9-11-33)28-23-13-19(31-35-23)16-4-3-5-16/h6-7,12-14,16,27H,3-5,8-11H2,1-2H3,(H,28,29,30). The highest BCUT2D eigenvalue weighted by molar-refractivity contribution is 6.37. The molecule has 1 aliphatic carbocycles. The number of halogens is 1. The molecule has 0 amide bonds. The summed E-state index contributed by atoms with van der Waals surface area (Å²) in [5.74, 6) is 2.93. The molecule has 1 saturated heterocycles. The zero-order valence-electron chi connectivity index (χ0n) is 19.8. The Balaban J connectivity index is 1.31. The number of H-pyrrole nitrogens is 1. The Bertz CT molecular complexity index is 1360. The number of aromatic nitrogens is 4. The van der Waals surface area contributed by atoms with Crippen molar-refractivity contribution in [2.24, 2.45) is 0 Å². The molecule has 0 unspecified atom stereocenters. The first kappa shape index (κ1) is 22.2. The van der Waals surface area contributed by atoms with Crippen LogP contribution in [-0.4, -0.2) is 58.2 Å². The third-order valence-electron chi connectivity index (χ3n) is 6.86. The number of ether oxygens (including phenoxy) is 1. The Kier molecular flexibility index (Phi) is 5.74. The number of hydrogen-bond acceptors (Lipinski definition) is 8. The van der Waals surface area contributed by atoms with Crippen LogP contribution in [0, 0.1) is 6.92 Å². The molecule has 9 nitrogen and oxygen atoms in total. The first-order chi connectivity index (χ1) is 17.0. The van der Waals surface area contributed by atoms with Crippen LogP contribution < -0.4 is 15.0 Å². The van der Waals surface area contributed by atoms with Crippen LogP contribution in [0.5, 0.6) is 11.8 Å². The van der Waals surface area contributed by atoms with Crippen molar-refractivity contribution in [1.29, 1.82) is 0 Å². The summed E-state index contributed by atoms with van der Waals surface area (Å²) < 4.78 is 11.7. The predicted octanol–water partition coefficient (Wildman–Crippen LogP) is 5.46. The number of anilines is 3. The summed E-state index contributed by atoms with van der Waals surface area (Å²) in [6.07, 6.45) is 3.57. The van der Waals surface area contributed by atoms with Crippen LogP contribution in [0.4, 0.5) is 17.5 Å². The molecule has 182 valence electrons. The van der Waals surface area contributed by atoms with Gasteiger partial charge >= 0.3 is 6.01 Å². The van der Waals surface area contributed by atoms with Crippen molar-refractivity contribution in [3.05, 3.63) is 46.7 Å². The molecule has 1 saturated carbocycles. The third-order valence-corrected chi connectivity index (χ3v) is 7.25. The largest absolute Gasteiger partial charge is 0.423 e. The molecule has 2 N–H and O–H groups in total. The van der Waals surface area contributed by atoms with Gasteiger partial charge in [0.15, 0.2) is 0 Å². The van der Waals surface area contributed by atoms with Crippen molar-refractivity contribution in [2.75, 3.05) is 43.4 Å². The van der Waals surface area contributed by atoms with E-state index in [0.717, 1.165) is 67.1 Å². The maximum Gasteiger partial charge on any atom is 0.325 e. The van der Waals surface area contributed by atoms with Crippen LogP contribution in [0.25, 0.3) is 10.9 Å². The summed E-state index contributed by atoms with van der Waals surface area (Å²) in [7, 11) is 2.13. The van der Waals surface area contributed by atoms with Crippen LogP contribution in [0.1, 0.15) is 36.6 Å². The SMILES string of the molecule is Cc1cc2c(Cl)c(Oc3nc(Nc4cc(C5CCC5)no4)cc(N4CCN(C)CC4)n3)ccc2[nH]1. The number of aromatic amines is 1. The summed E-state index contributed by atoms with van der Waals surface area (Å²) in [5.41, 5.74) is 2.99. The van der Waals surface area contributed by atoms with Gasteiger partial charge in [-0.1, -0.05) is 23.2 Å². The summed E-state index contributed by atoms with van der Waals surface area (Å²) in [6.45, 7) is 5.67. The van der Waals surface area contributed by atoms with Crippen molar-refractivity contribution in [2.45, 2.75) is 32.1 Å². The van der Waals surface area contributed by atoms with E-state index in [9.17, 15) is 0 Å². The van der Waals surface area contributed by atoms with Gasteiger partial charge in [-0.05, 0) is 45.0 Å². The number of fused-ring (bicyclic) bond motifs is 1. The van der Waals surface area contributed by atoms with Gasteiger partial charge in [0.05, 0.1) is 10.7 Å². The van der Waals surface area contributed by atoms with Gasteiger partial charge in [-0.25, -0.2) is 0 Å². The number of nitrogens with zero attached hydrogens (tertiary/aromatic N) is 5. The van der Waals surface area contributed by atoms with Gasteiger partial charge in [0.1, 0.15) is 17.4 Å². The first-order valence-electron chi connectivity index (χ1n) is 12.0. The number of benzene rings is 1. The highest BCUT2D eigenvalue weighted by Crippen LogP contribution is 2.38. The second-order valence-electron chi connectivity index (χ2n) is 9.45. The summed E-state index contributed by atoms with van der Waals surface area (Å²) in [6, 6.07) is 9.88. The van der Waals surface area contributed by atoms with E-state index in [2.05, 4.69) is 37.3 Å². The van der Waals surface area contributed by atoms with E-state index in [0.29, 0.717) is 28.4 Å². The van der Waals surface area contributed by atoms with Crippen LogP contribution in [-0.2, 0) is 0 Å². The summed E-state index contributed by atoms with van der Waals surface area (Å²) in [5, 5.41) is 8.92. The van der Waals surface area contributed by atoms with Gasteiger partial charge in [0.25, 0.3) is 0 Å². The lowest BCUT2D eigenvalue weighted by atomic mass is 9.83. The number of piperazine rings is 1. The van der Waals surface area contributed by atoms with Crippen molar-refractivity contribution in [3.63, 3.8) is 0 Å². The van der Waals surface area contributed by atoms with Crippen LogP contribution in [0.2, 0.25) is 5.02 Å². The van der Waals surface area contributed by atoms with Gasteiger partial charge in [0, 0.05) is 60.8 Å². The molecule has 1 aliphatic heterocycles. The fourth-order valence-electron chi connectivity index (χ4n) is 4.56. The molecule has 1 aromatic carbocycles. The Morgan fingerprint density at radius 1 is 1.11 bits per heavy atom. The maximum atomic E-state index is 6.68. The van der Waals surface area contributed by atoms with Crippen LogP contribution in [0.15, 0.2) is 34.9 Å². The van der Waals surface area contributed by atoms with Crippen LogP contribution >= 0.6 is 11.6 Å². The summed E-state index contributed by atoms with van der Waals surface area (Å²) in [4.78, 5) is 17.2. The molecule has 6 rings (SSSR count). The molecule has 4 heterocycles. The molecule has 0 radical (unpaired) electrons. The third kappa shape index (κ3) is 4.53. The number of likely N-dealkylation sites (N-methyl/N-ethyl adjacent to an activating group) is 1. The van der Waals surface area contributed by atoms with Crippen molar-refractivity contribution in [1.82, 2.24) is 25.0 Å². The fourth-order valence-corrected chi connectivity index (χ4v) is 4.81. The molecule has 10 heteroatoms. The Morgan fingerprint density at radius 2 is 1.94 bits per heavy atom. The number of rotatable bonds is 6. The topological polar surface area (TPSA) is 95.3 Å². The normalized spacial score (nSPS) is 17.1. The molecule has 35 heavy (non-hydrogen) atoms. The minimum atomic E-state index is 0.219. The van der Waals surface area contributed by atoms with Gasteiger partial charge in [-0.2, -0.15) is 9.97 Å². The molecule has 4 aromatic rings. The van der Waals surface area contributed by atoms with Gasteiger partial charge < -0.3 is 29.4 Å². The van der Waals surface area contributed by atoms with Gasteiger partial charge in [-0.15, -0.1) is 0 Å². The average Bonchev–Trinajstić information content (AvgIpc) is 3.41. The summed E-state index contributed by atoms with van der Waals surface area (Å²) >= 11 is 6.68. The average molecular weight is 494 g/mol. The molecular formula is C25H28ClN7O2. The quantitative estimate of drug-likeness (QED) is 0.365. The lowest BCUT2D eigenvalue weighted by Gasteiger charge is -2.33. The van der Waals surface area contributed by atoms with Crippen molar-refractivity contribution < 1.29 is 9.26 Å². The fraction of sp³-hybridized carbons (Fsp3) is 0.400. The second kappa shape index (κ2) is 9.05. The van der Waals surface area contributed by atoms with E-state index in [-0.39, 0.29) is 6.01 Å². The van der Waals surface area contributed by atoms with Crippen LogP contribution in [0.3, 0.4) is 0 Å². The lowest BCUT2D eigenvalue weighted by Crippen LogP contribution is -2.44.